The van der Waals surface area contributed by atoms with E-state index in [-0.39, 0.29) is 35.0 Å². The predicted molar refractivity (Wildman–Crippen MR) is 180 cm³/mol. The number of benzene rings is 2. The molecule has 2 aliphatic rings. The zero-order chi connectivity index (χ0) is 36.7. The third-order valence-electron chi connectivity index (χ3n) is 7.52. The molecule has 1 unspecified atom stereocenters. The van der Waals surface area contributed by atoms with E-state index in [1.165, 1.54) is 31.4 Å². The van der Waals surface area contributed by atoms with Crippen molar-refractivity contribution >= 4 is 68.3 Å². The van der Waals surface area contributed by atoms with Crippen molar-refractivity contribution in [3.8, 4) is 23.0 Å². The summed E-state index contributed by atoms with van der Waals surface area (Å²) < 4.78 is 129. The molecule has 0 bridgehead atoms. The molecule has 1 saturated heterocycles. The Hall–Kier alpha value is -3.33. The molecule has 2 aromatic rings. The number of hydrogen-bond acceptors (Lipinski definition) is 15. The molecule has 0 aliphatic carbocycles. The lowest BCUT2D eigenvalue weighted by Crippen LogP contribution is -2.51. The van der Waals surface area contributed by atoms with E-state index in [1.54, 1.807) is 0 Å². The fraction of sp³-hybridized carbons (Fsp3) is 0.448. The van der Waals surface area contributed by atoms with Crippen molar-refractivity contribution in [2.24, 2.45) is 0 Å². The van der Waals surface area contributed by atoms with Crippen LogP contribution in [0.1, 0.15) is 37.3 Å². The zero-order valence-corrected chi connectivity index (χ0v) is 31.4. The highest BCUT2D eigenvalue weighted by molar-refractivity contribution is 8.18. The average molecular weight is 782 g/mol. The van der Waals surface area contributed by atoms with Gasteiger partial charge in [-0.2, -0.15) is 0 Å². The molecule has 1 N–H and O–H groups in total. The third kappa shape index (κ3) is 8.03. The van der Waals surface area contributed by atoms with Gasteiger partial charge in [-0.25, -0.2) is 33.7 Å². The van der Waals surface area contributed by atoms with Crippen LogP contribution >= 0.6 is 11.8 Å². The maximum absolute atomic E-state index is 13.4. The smallest absolute Gasteiger partial charge is 0.290 e. The fourth-order valence-electron chi connectivity index (χ4n) is 5.21. The Labute approximate surface area is 289 Å². The number of carbonyl (C=O) groups excluding carboxylic acids is 2. The van der Waals surface area contributed by atoms with Gasteiger partial charge in [-0.3, -0.25) is 14.9 Å². The number of thioether (sulfide) groups is 1. The second-order valence-corrected chi connectivity index (χ2v) is 20.6. The van der Waals surface area contributed by atoms with Gasteiger partial charge >= 0.3 is 0 Å². The normalized spacial score (nSPS) is 19.3. The van der Waals surface area contributed by atoms with E-state index in [0.717, 1.165) is 12.5 Å². The Kier molecular flexibility index (Phi) is 10.8. The molecule has 0 spiro atoms. The van der Waals surface area contributed by atoms with E-state index in [0.29, 0.717) is 42.7 Å². The number of unbranched alkanes of at least 4 members (excludes halogenated alkanes) is 1. The standard InChI is InChI=1S/C29H35NO14S5/c1-7-8-13-42-23-24(46(3,33)34)18-11-12-29(49(6,39)40,44-22(18)25(47(4,35)36)26(23)48(5,37)38)16-43-19-10-9-17(14-20(19)41-2)15-21-27(31)30-28(32)45-21/h9-10,14-15H,7-8,11-13,16H2,1-6H3,(H,30,31,32)/b21-15+. The minimum Gasteiger partial charge on any atom is -0.493 e. The number of rotatable bonds is 13. The summed E-state index contributed by atoms with van der Waals surface area (Å²) in [6, 6.07) is 4.37. The van der Waals surface area contributed by atoms with Crippen molar-refractivity contribution in [3.63, 3.8) is 0 Å². The highest BCUT2D eigenvalue weighted by Gasteiger charge is 2.51. The molecule has 0 saturated carbocycles. The van der Waals surface area contributed by atoms with Crippen LogP contribution < -0.4 is 24.3 Å². The van der Waals surface area contributed by atoms with Gasteiger partial charge in [0.15, 0.2) is 56.6 Å². The van der Waals surface area contributed by atoms with Gasteiger partial charge in [0, 0.05) is 37.0 Å². The summed E-state index contributed by atoms with van der Waals surface area (Å²) in [4.78, 5) is 18.8. The van der Waals surface area contributed by atoms with Gasteiger partial charge in [-0.1, -0.05) is 19.4 Å². The van der Waals surface area contributed by atoms with Crippen molar-refractivity contribution in [2.45, 2.75) is 52.2 Å². The number of imide groups is 1. The van der Waals surface area contributed by atoms with E-state index in [4.69, 9.17) is 18.9 Å². The van der Waals surface area contributed by atoms with Gasteiger partial charge in [0.05, 0.1) is 18.6 Å². The molecule has 2 amide bonds. The fourth-order valence-corrected chi connectivity index (χ4v) is 10.8. The maximum atomic E-state index is 13.4. The number of ether oxygens (including phenoxy) is 4. The van der Waals surface area contributed by atoms with Gasteiger partial charge in [-0.05, 0) is 48.4 Å². The number of amides is 2. The third-order valence-corrected chi connectivity index (χ3v) is 13.7. The molecule has 270 valence electrons. The largest absolute Gasteiger partial charge is 0.493 e. The summed E-state index contributed by atoms with van der Waals surface area (Å²) in [6.45, 7) is 0.913. The van der Waals surface area contributed by atoms with E-state index in [9.17, 15) is 43.3 Å². The summed E-state index contributed by atoms with van der Waals surface area (Å²) in [5.41, 5.74) is 0.192. The van der Waals surface area contributed by atoms with Crippen molar-refractivity contribution in [2.75, 3.05) is 45.3 Å². The predicted octanol–water partition coefficient (Wildman–Crippen LogP) is 2.55. The summed E-state index contributed by atoms with van der Waals surface area (Å²) in [5, 5.41) is 1.61. The quantitative estimate of drug-likeness (QED) is 0.228. The Morgan fingerprint density at radius 3 is 2.04 bits per heavy atom. The molecule has 2 aliphatic heterocycles. The first-order valence-electron chi connectivity index (χ1n) is 14.4. The number of carbonyl (C=O) groups is 2. The van der Waals surface area contributed by atoms with Crippen LogP contribution in [0.15, 0.2) is 37.8 Å². The Morgan fingerprint density at radius 1 is 0.898 bits per heavy atom. The highest BCUT2D eigenvalue weighted by atomic mass is 32.2. The Balaban J connectivity index is 1.89. The van der Waals surface area contributed by atoms with Crippen LogP contribution in [0.2, 0.25) is 0 Å². The molecular weight excluding hydrogens is 747 g/mol. The molecule has 49 heavy (non-hydrogen) atoms. The first kappa shape index (κ1) is 38.5. The monoisotopic (exact) mass is 781 g/mol. The Morgan fingerprint density at radius 2 is 1.53 bits per heavy atom. The SMILES string of the molecule is CCCCOc1c(S(C)(=O)=O)c2c(c(S(C)(=O)=O)c1S(C)(=O)=O)OC(COc1ccc(/C=C3/SC(=O)NC3=O)cc1OC)(S(C)(=O)=O)CC2. The van der Waals surface area contributed by atoms with Gasteiger partial charge < -0.3 is 18.9 Å². The second-order valence-electron chi connectivity index (χ2n) is 11.5. The summed E-state index contributed by atoms with van der Waals surface area (Å²) in [7, 11) is -16.5. The maximum Gasteiger partial charge on any atom is 0.290 e. The summed E-state index contributed by atoms with van der Waals surface area (Å²) >= 11 is 0.705. The molecular formula is C29H35NO14S5. The molecule has 4 rings (SSSR count). The van der Waals surface area contributed by atoms with Crippen LogP contribution in [-0.2, 0) is 50.6 Å². The molecule has 0 radical (unpaired) electrons. The van der Waals surface area contributed by atoms with E-state index in [2.05, 4.69) is 5.32 Å². The lowest BCUT2D eigenvalue weighted by atomic mass is 10.0. The summed E-state index contributed by atoms with van der Waals surface area (Å²) in [6.07, 6.45) is 4.59. The van der Waals surface area contributed by atoms with Crippen LogP contribution in [0.3, 0.4) is 0 Å². The minimum atomic E-state index is -4.56. The van der Waals surface area contributed by atoms with Crippen LogP contribution in [0.25, 0.3) is 6.08 Å². The van der Waals surface area contributed by atoms with Crippen LogP contribution in [0, 0.1) is 0 Å². The summed E-state index contributed by atoms with van der Waals surface area (Å²) in [5.74, 6) is -1.89. The zero-order valence-electron chi connectivity index (χ0n) is 27.3. The molecule has 1 atom stereocenters. The van der Waals surface area contributed by atoms with Gasteiger partial charge in [0.2, 0.25) is 4.93 Å². The highest BCUT2D eigenvalue weighted by Crippen LogP contribution is 2.51. The molecule has 2 aromatic carbocycles. The first-order valence-corrected chi connectivity index (χ1v) is 22.8. The number of nitrogens with one attached hydrogen (secondary N) is 1. The van der Waals surface area contributed by atoms with Crippen molar-refractivity contribution < 1.29 is 62.2 Å². The van der Waals surface area contributed by atoms with Gasteiger partial charge in [0.1, 0.15) is 27.0 Å². The molecule has 2 heterocycles. The molecule has 0 aromatic heterocycles. The van der Waals surface area contributed by atoms with Crippen molar-refractivity contribution in [3.05, 3.63) is 34.2 Å². The lowest BCUT2D eigenvalue weighted by molar-refractivity contribution is -0.115. The second kappa shape index (κ2) is 13.8. The minimum absolute atomic E-state index is 0.0123. The molecule has 15 nitrogen and oxygen atoms in total. The number of hydrogen-bond donors (Lipinski definition) is 1. The van der Waals surface area contributed by atoms with Gasteiger partial charge in [-0.15, -0.1) is 0 Å². The average Bonchev–Trinajstić information content (AvgIpc) is 3.28. The van der Waals surface area contributed by atoms with Crippen molar-refractivity contribution in [1.82, 2.24) is 5.32 Å². The van der Waals surface area contributed by atoms with Crippen LogP contribution in [-0.4, -0.2) is 95.1 Å². The number of methoxy groups -OCH3 is 1. The van der Waals surface area contributed by atoms with E-state index < -0.39 is 94.6 Å². The van der Waals surface area contributed by atoms with Crippen LogP contribution in [0.5, 0.6) is 23.0 Å². The molecule has 20 heteroatoms. The first-order chi connectivity index (χ1) is 22.5. The molecule has 1 fully saturated rings. The Bertz CT molecular complexity index is 2190. The number of sulfone groups is 4. The van der Waals surface area contributed by atoms with E-state index >= 15 is 0 Å². The lowest BCUT2D eigenvalue weighted by Gasteiger charge is -2.38. The van der Waals surface area contributed by atoms with Crippen LogP contribution in [0.4, 0.5) is 4.79 Å². The van der Waals surface area contributed by atoms with Crippen molar-refractivity contribution in [1.29, 1.82) is 0 Å². The van der Waals surface area contributed by atoms with E-state index in [1.807, 2.05) is 6.92 Å². The number of fused-ring (bicyclic) bond motifs is 1. The topological polar surface area (TPSA) is 220 Å². The van der Waals surface area contributed by atoms with Gasteiger partial charge in [0.25, 0.3) is 11.1 Å².